The van der Waals surface area contributed by atoms with E-state index in [1.165, 1.54) is 0 Å². The van der Waals surface area contributed by atoms with Crippen molar-refractivity contribution in [2.75, 3.05) is 13.2 Å². The Kier molecular flexibility index (Phi) is 7.29. The molecular weight excluding hydrogens is 164 g/mol. The van der Waals surface area contributed by atoms with E-state index in [1.54, 1.807) is 0 Å². The first-order valence-electron chi connectivity index (χ1n) is 5.29. The summed E-state index contributed by atoms with van der Waals surface area (Å²) < 4.78 is 5.41. The first-order valence-corrected chi connectivity index (χ1v) is 5.29. The van der Waals surface area contributed by atoms with Crippen LogP contribution in [0.15, 0.2) is 0 Å². The summed E-state index contributed by atoms with van der Waals surface area (Å²) in [6, 6.07) is 0. The van der Waals surface area contributed by atoms with Crippen molar-refractivity contribution in [2.45, 2.75) is 46.6 Å². The summed E-state index contributed by atoms with van der Waals surface area (Å²) >= 11 is 0. The highest BCUT2D eigenvalue weighted by Crippen LogP contribution is 2.06. The molecule has 0 aliphatic rings. The zero-order valence-corrected chi connectivity index (χ0v) is 9.42. The van der Waals surface area contributed by atoms with E-state index in [-0.39, 0.29) is 6.10 Å². The van der Waals surface area contributed by atoms with Gasteiger partial charge in [-0.15, -0.1) is 0 Å². The van der Waals surface area contributed by atoms with Crippen molar-refractivity contribution in [3.8, 4) is 0 Å². The Morgan fingerprint density at radius 1 is 1.00 bits per heavy atom. The van der Waals surface area contributed by atoms with Gasteiger partial charge in [0.25, 0.3) is 0 Å². The molecule has 0 saturated heterocycles. The smallest absolute Gasteiger partial charge is 0.0585 e. The number of aliphatic hydroxyl groups excluding tert-OH is 1. The number of aliphatic hydroxyl groups is 1. The summed E-state index contributed by atoms with van der Waals surface area (Å²) in [6.07, 6.45) is 1.66. The van der Waals surface area contributed by atoms with E-state index in [2.05, 4.69) is 13.8 Å². The Hall–Kier alpha value is -0.0800. The van der Waals surface area contributed by atoms with Gasteiger partial charge in [0.1, 0.15) is 0 Å². The Bertz CT molecular complexity index is 111. The predicted octanol–water partition coefficient (Wildman–Crippen LogP) is 2.46. The Morgan fingerprint density at radius 3 is 2.00 bits per heavy atom. The van der Waals surface area contributed by atoms with Crippen LogP contribution in [0, 0.1) is 11.8 Å². The monoisotopic (exact) mass is 188 g/mol. The summed E-state index contributed by atoms with van der Waals surface area (Å²) in [6.45, 7) is 9.94. The molecule has 1 N–H and O–H groups in total. The lowest BCUT2D eigenvalue weighted by molar-refractivity contribution is 0.0564. The van der Waals surface area contributed by atoms with Crippen molar-refractivity contribution in [2.24, 2.45) is 11.8 Å². The van der Waals surface area contributed by atoms with Crippen LogP contribution in [0.2, 0.25) is 0 Å². The van der Waals surface area contributed by atoms with Gasteiger partial charge in [-0.1, -0.05) is 27.7 Å². The lowest BCUT2D eigenvalue weighted by atomic mass is 10.1. The molecule has 13 heavy (non-hydrogen) atoms. The molecule has 0 heterocycles. The van der Waals surface area contributed by atoms with Crippen LogP contribution in [0.4, 0.5) is 0 Å². The van der Waals surface area contributed by atoms with Gasteiger partial charge < -0.3 is 9.84 Å². The van der Waals surface area contributed by atoms with Gasteiger partial charge >= 0.3 is 0 Å². The van der Waals surface area contributed by atoms with Crippen LogP contribution in [0.25, 0.3) is 0 Å². The fourth-order valence-corrected chi connectivity index (χ4v) is 0.959. The summed E-state index contributed by atoms with van der Waals surface area (Å²) in [5, 5.41) is 9.45. The molecule has 1 unspecified atom stereocenters. The minimum atomic E-state index is -0.209. The lowest BCUT2D eigenvalue weighted by Gasteiger charge is -2.14. The maximum Gasteiger partial charge on any atom is 0.0585 e. The van der Waals surface area contributed by atoms with E-state index in [4.69, 9.17) is 4.74 Å². The molecule has 0 aliphatic carbocycles. The van der Waals surface area contributed by atoms with Crippen LogP contribution in [-0.4, -0.2) is 24.4 Å². The number of hydrogen-bond acceptors (Lipinski definition) is 2. The van der Waals surface area contributed by atoms with Crippen LogP contribution in [0.5, 0.6) is 0 Å². The third kappa shape index (κ3) is 8.26. The zero-order chi connectivity index (χ0) is 10.3. The second kappa shape index (κ2) is 7.34. The molecule has 0 saturated carbocycles. The predicted molar refractivity (Wildman–Crippen MR) is 55.7 cm³/mol. The maximum absolute atomic E-state index is 9.45. The van der Waals surface area contributed by atoms with Crippen LogP contribution < -0.4 is 0 Å². The fourth-order valence-electron chi connectivity index (χ4n) is 0.959. The summed E-state index contributed by atoms with van der Waals surface area (Å²) in [7, 11) is 0. The largest absolute Gasteiger partial charge is 0.393 e. The minimum absolute atomic E-state index is 0.209. The van der Waals surface area contributed by atoms with Crippen molar-refractivity contribution < 1.29 is 9.84 Å². The van der Waals surface area contributed by atoms with Gasteiger partial charge in [-0.3, -0.25) is 0 Å². The molecule has 1 atom stereocenters. The number of hydrogen-bond donors (Lipinski definition) is 1. The number of ether oxygens (including phenoxy) is 1. The summed E-state index contributed by atoms with van der Waals surface area (Å²) in [4.78, 5) is 0. The molecular formula is C11H24O2. The second-order valence-electron chi connectivity index (χ2n) is 4.39. The quantitative estimate of drug-likeness (QED) is 0.622. The highest BCUT2D eigenvalue weighted by atomic mass is 16.5. The Morgan fingerprint density at radius 2 is 1.54 bits per heavy atom. The molecule has 0 aliphatic heterocycles. The minimum Gasteiger partial charge on any atom is -0.393 e. The summed E-state index contributed by atoms with van der Waals surface area (Å²) in [5.41, 5.74) is 0. The van der Waals surface area contributed by atoms with E-state index in [9.17, 15) is 5.11 Å². The van der Waals surface area contributed by atoms with Crippen LogP contribution >= 0.6 is 0 Å². The lowest BCUT2D eigenvalue weighted by Crippen LogP contribution is -2.17. The molecule has 0 spiro atoms. The van der Waals surface area contributed by atoms with Gasteiger partial charge in [-0.05, 0) is 24.7 Å². The molecule has 2 nitrogen and oxygen atoms in total. The third-order valence-corrected chi connectivity index (χ3v) is 2.17. The average Bonchev–Trinajstić information content (AvgIpc) is 2.02. The van der Waals surface area contributed by atoms with E-state index < -0.39 is 0 Å². The van der Waals surface area contributed by atoms with Gasteiger partial charge in [0.05, 0.1) is 6.10 Å². The molecule has 0 fully saturated rings. The van der Waals surface area contributed by atoms with Crippen molar-refractivity contribution in [1.29, 1.82) is 0 Å². The third-order valence-electron chi connectivity index (χ3n) is 2.17. The molecule has 0 rings (SSSR count). The van der Waals surface area contributed by atoms with E-state index in [1.807, 2.05) is 13.8 Å². The van der Waals surface area contributed by atoms with Crippen LogP contribution in [0.3, 0.4) is 0 Å². The Labute approximate surface area is 82.3 Å². The van der Waals surface area contributed by atoms with Gasteiger partial charge in [-0.25, -0.2) is 0 Å². The van der Waals surface area contributed by atoms with Crippen molar-refractivity contribution in [3.63, 3.8) is 0 Å². The number of rotatable bonds is 7. The Balaban J connectivity index is 3.16. The SMILES string of the molecule is CC(C)CCOCCC(O)C(C)C. The van der Waals surface area contributed by atoms with Gasteiger partial charge in [0, 0.05) is 13.2 Å². The zero-order valence-electron chi connectivity index (χ0n) is 9.42. The molecule has 0 amide bonds. The first-order chi connectivity index (χ1) is 6.04. The van der Waals surface area contributed by atoms with Crippen molar-refractivity contribution in [3.05, 3.63) is 0 Å². The topological polar surface area (TPSA) is 29.5 Å². The van der Waals surface area contributed by atoms with Crippen LogP contribution in [0.1, 0.15) is 40.5 Å². The van der Waals surface area contributed by atoms with E-state index >= 15 is 0 Å². The molecule has 2 heteroatoms. The molecule has 80 valence electrons. The normalized spacial score (nSPS) is 14.1. The molecule has 0 aromatic carbocycles. The van der Waals surface area contributed by atoms with Crippen LogP contribution in [-0.2, 0) is 4.74 Å². The second-order valence-corrected chi connectivity index (χ2v) is 4.39. The van der Waals surface area contributed by atoms with Gasteiger partial charge in [-0.2, -0.15) is 0 Å². The maximum atomic E-state index is 9.45. The van der Waals surface area contributed by atoms with E-state index in [0.29, 0.717) is 18.4 Å². The highest BCUT2D eigenvalue weighted by molar-refractivity contribution is 4.58. The molecule has 0 aromatic rings. The highest BCUT2D eigenvalue weighted by Gasteiger charge is 2.07. The fraction of sp³-hybridized carbons (Fsp3) is 1.00. The molecule has 0 bridgehead atoms. The van der Waals surface area contributed by atoms with Gasteiger partial charge in [0.2, 0.25) is 0 Å². The van der Waals surface area contributed by atoms with Gasteiger partial charge in [0.15, 0.2) is 0 Å². The average molecular weight is 188 g/mol. The first kappa shape index (κ1) is 12.9. The molecule has 0 aromatic heterocycles. The van der Waals surface area contributed by atoms with E-state index in [0.717, 1.165) is 19.4 Å². The van der Waals surface area contributed by atoms with Crippen molar-refractivity contribution >= 4 is 0 Å². The summed E-state index contributed by atoms with van der Waals surface area (Å²) in [5.74, 6) is 1.05. The standard InChI is InChI=1S/C11H24O2/c1-9(2)5-7-13-8-6-11(12)10(3)4/h9-12H,5-8H2,1-4H3. The molecule has 0 radical (unpaired) electrons. The van der Waals surface area contributed by atoms with Crippen molar-refractivity contribution in [1.82, 2.24) is 0 Å².